The van der Waals surface area contributed by atoms with Gasteiger partial charge in [-0.15, -0.1) is 11.8 Å². The molecule has 0 radical (unpaired) electrons. The van der Waals surface area contributed by atoms with Gasteiger partial charge in [0, 0.05) is 22.9 Å². The number of nitrogens with one attached hydrogen (secondary N) is 2. The lowest BCUT2D eigenvalue weighted by Gasteiger charge is -2.18. The zero-order valence-electron chi connectivity index (χ0n) is 16.8. The Morgan fingerprint density at radius 3 is 2.17 bits per heavy atom. The molecule has 4 heteroatoms. The highest BCUT2D eigenvalue weighted by Gasteiger charge is 2.08. The van der Waals surface area contributed by atoms with Crippen LogP contribution >= 0.6 is 24.0 Å². The second-order valence-corrected chi connectivity index (χ2v) is 8.55. The van der Waals surface area contributed by atoms with E-state index in [0.29, 0.717) is 11.0 Å². The Kier molecular flexibility index (Phi) is 8.59. The minimum Gasteiger partial charge on any atom is -0.362 e. The summed E-state index contributed by atoms with van der Waals surface area (Å²) in [5.74, 6) is 1.53. The van der Waals surface area contributed by atoms with Crippen LogP contribution in [0.2, 0.25) is 0 Å². The molecule has 3 rings (SSSR count). The molecule has 0 bridgehead atoms. The molecule has 2 nitrogen and oxygen atoms in total. The van der Waals surface area contributed by atoms with E-state index in [1.165, 1.54) is 16.0 Å². The van der Waals surface area contributed by atoms with Gasteiger partial charge in [-0.3, -0.25) is 0 Å². The van der Waals surface area contributed by atoms with Crippen molar-refractivity contribution < 1.29 is 0 Å². The molecule has 0 saturated carbocycles. The highest BCUT2D eigenvalue weighted by atomic mass is 32.2. The van der Waals surface area contributed by atoms with Crippen LogP contribution < -0.4 is 10.6 Å². The molecule has 150 valence electrons. The average Bonchev–Trinajstić information content (AvgIpc) is 2.77. The molecule has 0 amide bonds. The van der Waals surface area contributed by atoms with Crippen LogP contribution in [0, 0.1) is 5.92 Å². The second kappa shape index (κ2) is 11.6. The molecule has 0 aliphatic heterocycles. The minimum absolute atomic E-state index is 0.564. The quantitative estimate of drug-likeness (QED) is 0.303. The number of hydrogen-bond donors (Lipinski definition) is 2. The summed E-state index contributed by atoms with van der Waals surface area (Å²) in [6.45, 7) is 3.11. The maximum Gasteiger partial charge on any atom is 0.170 e. The third-order valence-electron chi connectivity index (χ3n) is 4.86. The molecule has 0 aliphatic carbocycles. The molecular formula is C25H28N2S2. The van der Waals surface area contributed by atoms with Gasteiger partial charge in [0.15, 0.2) is 5.11 Å². The first-order chi connectivity index (χ1) is 14.2. The third kappa shape index (κ3) is 7.56. The highest BCUT2D eigenvalue weighted by Crippen LogP contribution is 2.23. The van der Waals surface area contributed by atoms with Crippen LogP contribution in [-0.4, -0.2) is 11.7 Å². The first-order valence-corrected chi connectivity index (χ1v) is 11.5. The third-order valence-corrected chi connectivity index (χ3v) is 6.19. The van der Waals surface area contributed by atoms with Gasteiger partial charge in [0.1, 0.15) is 0 Å². The number of thiocarbonyl (C=S) groups is 1. The molecule has 3 aromatic rings. The van der Waals surface area contributed by atoms with Crippen LogP contribution in [-0.2, 0) is 12.2 Å². The van der Waals surface area contributed by atoms with Crippen molar-refractivity contribution in [3.63, 3.8) is 0 Å². The van der Waals surface area contributed by atoms with Gasteiger partial charge >= 0.3 is 0 Å². The van der Waals surface area contributed by atoms with Gasteiger partial charge in [0.2, 0.25) is 0 Å². The molecule has 2 N–H and O–H groups in total. The summed E-state index contributed by atoms with van der Waals surface area (Å²) < 4.78 is 0. The van der Waals surface area contributed by atoms with Crippen LogP contribution in [0.5, 0.6) is 0 Å². The molecular weight excluding hydrogens is 392 g/mol. The molecule has 29 heavy (non-hydrogen) atoms. The molecule has 0 aromatic heterocycles. The summed E-state index contributed by atoms with van der Waals surface area (Å²) in [5, 5.41) is 7.36. The molecule has 1 unspecified atom stereocenters. The van der Waals surface area contributed by atoms with E-state index >= 15 is 0 Å². The Morgan fingerprint density at radius 1 is 0.862 bits per heavy atom. The summed E-state index contributed by atoms with van der Waals surface area (Å²) in [6, 6.07) is 29.6. The van der Waals surface area contributed by atoms with Gasteiger partial charge in [0.25, 0.3) is 0 Å². The Labute approximate surface area is 184 Å². The normalized spacial score (nSPS) is 11.6. The van der Waals surface area contributed by atoms with Crippen LogP contribution in [0.3, 0.4) is 0 Å². The Bertz CT molecular complexity index is 864. The van der Waals surface area contributed by atoms with E-state index in [-0.39, 0.29) is 0 Å². The van der Waals surface area contributed by atoms with E-state index in [2.05, 4.69) is 96.4 Å². The Hall–Kier alpha value is -2.30. The zero-order chi connectivity index (χ0) is 20.3. The van der Waals surface area contributed by atoms with E-state index in [1.54, 1.807) is 0 Å². The number of thioether (sulfide) groups is 1. The summed E-state index contributed by atoms with van der Waals surface area (Å²) in [7, 11) is 0. The fourth-order valence-electron chi connectivity index (χ4n) is 3.09. The number of anilines is 1. The van der Waals surface area contributed by atoms with Gasteiger partial charge in [-0.25, -0.2) is 0 Å². The van der Waals surface area contributed by atoms with Crippen molar-refractivity contribution in [2.75, 3.05) is 11.9 Å². The predicted octanol–water partition coefficient (Wildman–Crippen LogP) is 6.53. The minimum atomic E-state index is 0.564. The van der Waals surface area contributed by atoms with Crippen molar-refractivity contribution in [2.45, 2.75) is 30.4 Å². The highest BCUT2D eigenvalue weighted by molar-refractivity contribution is 7.98. The van der Waals surface area contributed by atoms with Gasteiger partial charge in [-0.05, 0) is 59.9 Å². The Balaban J connectivity index is 1.42. The average molecular weight is 421 g/mol. The van der Waals surface area contributed by atoms with E-state index in [9.17, 15) is 0 Å². The van der Waals surface area contributed by atoms with Gasteiger partial charge in [0.05, 0.1) is 0 Å². The smallest absolute Gasteiger partial charge is 0.170 e. The summed E-state index contributed by atoms with van der Waals surface area (Å²) >= 11 is 7.34. The van der Waals surface area contributed by atoms with E-state index in [4.69, 9.17) is 12.2 Å². The van der Waals surface area contributed by atoms with Gasteiger partial charge in [-0.2, -0.15) is 0 Å². The fourth-order valence-corrected chi connectivity index (χ4v) is 4.16. The first kappa shape index (κ1) is 21.4. The SMILES string of the molecule is CCC(CNC(=S)Nc1ccc(CSc2ccccc2)cc1)Cc1ccccc1. The lowest BCUT2D eigenvalue weighted by molar-refractivity contribution is 0.498. The van der Waals surface area contributed by atoms with Gasteiger partial charge < -0.3 is 10.6 Å². The topological polar surface area (TPSA) is 24.1 Å². The van der Waals surface area contributed by atoms with E-state index < -0.39 is 0 Å². The second-order valence-electron chi connectivity index (χ2n) is 7.10. The number of hydrogen-bond acceptors (Lipinski definition) is 2. The largest absolute Gasteiger partial charge is 0.362 e. The summed E-state index contributed by atoms with van der Waals surface area (Å²) in [5.41, 5.74) is 3.70. The molecule has 0 saturated heterocycles. The lowest BCUT2D eigenvalue weighted by Crippen LogP contribution is -2.33. The molecule has 0 aliphatic rings. The van der Waals surface area contributed by atoms with Crippen molar-refractivity contribution in [2.24, 2.45) is 5.92 Å². The van der Waals surface area contributed by atoms with Crippen LogP contribution in [0.4, 0.5) is 5.69 Å². The Morgan fingerprint density at radius 2 is 1.52 bits per heavy atom. The monoisotopic (exact) mass is 420 g/mol. The molecule has 0 spiro atoms. The lowest BCUT2D eigenvalue weighted by atomic mass is 9.97. The predicted molar refractivity (Wildman–Crippen MR) is 131 cm³/mol. The zero-order valence-corrected chi connectivity index (χ0v) is 18.4. The van der Waals surface area contributed by atoms with E-state index in [1.807, 2.05) is 17.8 Å². The van der Waals surface area contributed by atoms with Crippen LogP contribution in [0.15, 0.2) is 89.8 Å². The van der Waals surface area contributed by atoms with E-state index in [0.717, 1.165) is 30.8 Å². The van der Waals surface area contributed by atoms with Crippen LogP contribution in [0.25, 0.3) is 0 Å². The molecule has 3 aromatic carbocycles. The molecule has 1 atom stereocenters. The van der Waals surface area contributed by atoms with Crippen LogP contribution in [0.1, 0.15) is 24.5 Å². The van der Waals surface area contributed by atoms with Crippen molar-refractivity contribution in [3.05, 3.63) is 96.1 Å². The number of benzene rings is 3. The maximum absolute atomic E-state index is 5.49. The van der Waals surface area contributed by atoms with Crippen molar-refractivity contribution in [1.29, 1.82) is 0 Å². The standard InChI is InChI=1S/C25H28N2S2/c1-2-20(17-21-9-5-3-6-10-21)18-26-25(28)27-23-15-13-22(14-16-23)19-29-24-11-7-4-8-12-24/h3-16,20H,2,17-19H2,1H3,(H2,26,27,28). The van der Waals surface area contributed by atoms with Crippen molar-refractivity contribution >= 4 is 34.8 Å². The fraction of sp³-hybridized carbons (Fsp3) is 0.240. The van der Waals surface area contributed by atoms with Crippen molar-refractivity contribution in [1.82, 2.24) is 5.32 Å². The number of rotatable bonds is 9. The molecule has 0 fully saturated rings. The summed E-state index contributed by atoms with van der Waals surface area (Å²) in [4.78, 5) is 1.29. The first-order valence-electron chi connectivity index (χ1n) is 10.1. The van der Waals surface area contributed by atoms with Crippen molar-refractivity contribution in [3.8, 4) is 0 Å². The summed E-state index contributed by atoms with van der Waals surface area (Å²) in [6.07, 6.45) is 2.19. The van der Waals surface area contributed by atoms with Gasteiger partial charge in [-0.1, -0.05) is 74.0 Å². The maximum atomic E-state index is 5.49. The molecule has 0 heterocycles.